The third-order valence-corrected chi connectivity index (χ3v) is 9.97. The number of methoxy groups -OCH3 is 8. The van der Waals surface area contributed by atoms with Crippen molar-refractivity contribution in [1.82, 2.24) is 10.6 Å². The molecule has 0 radical (unpaired) electrons. The Morgan fingerprint density at radius 1 is 0.420 bits per heavy atom. The Balaban J connectivity index is 1.49. The minimum Gasteiger partial charge on any atom is -0.493 e. The maximum atomic E-state index is 5.88. The van der Waals surface area contributed by atoms with Crippen LogP contribution in [0.25, 0.3) is 11.1 Å². The highest BCUT2D eigenvalue weighted by atomic mass is 16.5. The van der Waals surface area contributed by atoms with Crippen LogP contribution in [0, 0.1) is 0 Å². The summed E-state index contributed by atoms with van der Waals surface area (Å²) < 4.78 is 46.1. The Kier molecular flexibility index (Phi) is 10.8. The molecule has 0 saturated heterocycles. The van der Waals surface area contributed by atoms with Gasteiger partial charge in [0.2, 0.25) is 0 Å². The number of benzene rings is 4. The van der Waals surface area contributed by atoms with Gasteiger partial charge in [0.1, 0.15) is 0 Å². The van der Waals surface area contributed by atoms with E-state index in [9.17, 15) is 0 Å². The lowest BCUT2D eigenvalue weighted by molar-refractivity contribution is 0.351. The SMILES string of the molecule is COc1cc(C[C@H]2NCCc3cc(OC)c(OC)cc32)c(-c2cc(OC)c(OC)cc2C[C@H]2NCCc3cc(OC)c(OC)cc32)cc1OC. The van der Waals surface area contributed by atoms with Gasteiger partial charge in [-0.25, -0.2) is 0 Å². The molecule has 0 aliphatic carbocycles. The molecule has 4 aromatic rings. The number of rotatable bonds is 13. The highest BCUT2D eigenvalue weighted by molar-refractivity contribution is 5.77. The average molecular weight is 685 g/mol. The molecule has 10 nitrogen and oxygen atoms in total. The zero-order valence-electron chi connectivity index (χ0n) is 30.3. The summed E-state index contributed by atoms with van der Waals surface area (Å²) in [6.45, 7) is 1.69. The minimum absolute atomic E-state index is 0.0216. The summed E-state index contributed by atoms with van der Waals surface area (Å²) in [5, 5.41) is 7.53. The fraction of sp³-hybridized carbons (Fsp3) is 0.400. The van der Waals surface area contributed by atoms with Gasteiger partial charge >= 0.3 is 0 Å². The standard InChI is InChI=1S/C40H48N2O8/c1-43-33-15-23-9-11-41-31(29(23)21-39(33)49-7)13-25-17-35(45-3)37(47-5)19-27(25)28-20-38(48-6)36(46-4)18-26(28)14-32-30-22-40(50-8)34(44-2)16-24(30)10-12-42-32/h15-22,31-32,41-42H,9-14H2,1-8H3/t31-,32-/m1/s1. The molecule has 0 fully saturated rings. The van der Waals surface area contributed by atoms with Crippen molar-refractivity contribution in [2.45, 2.75) is 37.8 Å². The van der Waals surface area contributed by atoms with Gasteiger partial charge in [0, 0.05) is 12.1 Å². The van der Waals surface area contributed by atoms with E-state index in [1.165, 1.54) is 22.3 Å². The molecule has 0 bridgehead atoms. The predicted molar refractivity (Wildman–Crippen MR) is 193 cm³/mol. The first-order valence-electron chi connectivity index (χ1n) is 16.9. The highest BCUT2D eigenvalue weighted by Gasteiger charge is 2.28. The molecule has 10 heteroatoms. The van der Waals surface area contributed by atoms with E-state index in [4.69, 9.17) is 37.9 Å². The molecule has 266 valence electrons. The monoisotopic (exact) mass is 684 g/mol. The van der Waals surface area contributed by atoms with Crippen molar-refractivity contribution in [1.29, 1.82) is 0 Å². The van der Waals surface area contributed by atoms with E-state index in [0.29, 0.717) is 47.3 Å². The smallest absolute Gasteiger partial charge is 0.161 e. The first kappa shape index (κ1) is 35.0. The van der Waals surface area contributed by atoms with Crippen LogP contribution in [0.3, 0.4) is 0 Å². The zero-order chi connectivity index (χ0) is 35.4. The fourth-order valence-corrected chi connectivity index (χ4v) is 7.42. The molecule has 0 aromatic heterocycles. The molecule has 6 rings (SSSR count). The maximum absolute atomic E-state index is 5.88. The van der Waals surface area contributed by atoms with Crippen LogP contribution in [0.1, 0.15) is 45.5 Å². The summed E-state index contributed by atoms with van der Waals surface area (Å²) >= 11 is 0. The zero-order valence-corrected chi connectivity index (χ0v) is 30.3. The van der Waals surface area contributed by atoms with Gasteiger partial charge in [-0.2, -0.15) is 0 Å². The second kappa shape index (κ2) is 15.4. The van der Waals surface area contributed by atoms with E-state index in [1.54, 1.807) is 56.9 Å². The quantitative estimate of drug-likeness (QED) is 0.168. The topological polar surface area (TPSA) is 97.9 Å². The fourth-order valence-electron chi connectivity index (χ4n) is 7.42. The summed E-state index contributed by atoms with van der Waals surface area (Å²) in [7, 11) is 13.4. The Morgan fingerprint density at radius 2 is 0.720 bits per heavy atom. The van der Waals surface area contributed by atoms with Crippen molar-refractivity contribution in [2.24, 2.45) is 0 Å². The predicted octanol–water partition coefficient (Wildman–Crippen LogP) is 6.28. The van der Waals surface area contributed by atoms with E-state index in [2.05, 4.69) is 59.2 Å². The van der Waals surface area contributed by atoms with Crippen molar-refractivity contribution < 1.29 is 37.9 Å². The molecule has 2 N–H and O–H groups in total. The molecule has 2 aliphatic rings. The molecule has 4 aromatic carbocycles. The van der Waals surface area contributed by atoms with Crippen molar-refractivity contribution >= 4 is 0 Å². The largest absolute Gasteiger partial charge is 0.493 e. The number of hydrogen-bond donors (Lipinski definition) is 2. The molecule has 0 spiro atoms. The number of nitrogens with one attached hydrogen (secondary N) is 2. The number of hydrogen-bond acceptors (Lipinski definition) is 10. The first-order valence-corrected chi connectivity index (χ1v) is 16.9. The molecule has 0 saturated carbocycles. The van der Waals surface area contributed by atoms with Crippen LogP contribution >= 0.6 is 0 Å². The summed E-state index contributed by atoms with van der Waals surface area (Å²) in [5.74, 6) is 5.53. The van der Waals surface area contributed by atoms with Crippen molar-refractivity contribution in [3.05, 3.63) is 81.9 Å². The number of fused-ring (bicyclic) bond motifs is 2. The third kappa shape index (κ3) is 6.69. The van der Waals surface area contributed by atoms with Crippen LogP contribution in [-0.4, -0.2) is 70.0 Å². The molecule has 0 unspecified atom stereocenters. The van der Waals surface area contributed by atoms with Crippen LogP contribution in [0.4, 0.5) is 0 Å². The first-order chi connectivity index (χ1) is 24.4. The third-order valence-electron chi connectivity index (χ3n) is 9.97. The van der Waals surface area contributed by atoms with Crippen molar-refractivity contribution in [3.8, 4) is 57.1 Å². The van der Waals surface area contributed by atoms with Crippen molar-refractivity contribution in [3.63, 3.8) is 0 Å². The molecular weight excluding hydrogens is 636 g/mol. The van der Waals surface area contributed by atoms with Gasteiger partial charge in [-0.05, 0) is 132 Å². The lowest BCUT2D eigenvalue weighted by atomic mass is 9.84. The highest BCUT2D eigenvalue weighted by Crippen LogP contribution is 2.45. The Labute approximate surface area is 294 Å². The Bertz CT molecular complexity index is 1710. The van der Waals surface area contributed by atoms with Gasteiger partial charge in [-0.1, -0.05) is 0 Å². The van der Waals surface area contributed by atoms with E-state index < -0.39 is 0 Å². The van der Waals surface area contributed by atoms with E-state index in [1.807, 2.05) is 0 Å². The average Bonchev–Trinajstić information content (AvgIpc) is 3.16. The second-order valence-corrected chi connectivity index (χ2v) is 12.5. The lowest BCUT2D eigenvalue weighted by Crippen LogP contribution is -2.31. The van der Waals surface area contributed by atoms with Crippen LogP contribution in [0.2, 0.25) is 0 Å². The molecular formula is C40H48N2O8. The molecule has 50 heavy (non-hydrogen) atoms. The van der Waals surface area contributed by atoms with Gasteiger partial charge in [0.25, 0.3) is 0 Å². The van der Waals surface area contributed by atoms with Gasteiger partial charge in [0.15, 0.2) is 46.0 Å². The molecule has 2 heterocycles. The molecule has 2 aliphatic heterocycles. The van der Waals surface area contributed by atoms with Crippen molar-refractivity contribution in [2.75, 3.05) is 70.0 Å². The van der Waals surface area contributed by atoms with Crippen LogP contribution in [0.5, 0.6) is 46.0 Å². The van der Waals surface area contributed by atoms with Gasteiger partial charge < -0.3 is 48.5 Å². The minimum atomic E-state index is 0.0216. The summed E-state index contributed by atoms with van der Waals surface area (Å²) in [6, 6.07) is 16.8. The van der Waals surface area contributed by atoms with E-state index in [0.717, 1.165) is 59.7 Å². The van der Waals surface area contributed by atoms with Crippen LogP contribution < -0.4 is 48.5 Å². The Hall–Kier alpha value is -4.80. The molecule has 0 amide bonds. The van der Waals surface area contributed by atoms with Crippen LogP contribution in [0.15, 0.2) is 48.5 Å². The normalized spacial score (nSPS) is 16.5. The van der Waals surface area contributed by atoms with E-state index >= 15 is 0 Å². The summed E-state index contributed by atoms with van der Waals surface area (Å²) in [4.78, 5) is 0. The van der Waals surface area contributed by atoms with Gasteiger partial charge in [0.05, 0.1) is 56.9 Å². The summed E-state index contributed by atoms with van der Waals surface area (Å²) in [6.07, 6.45) is 3.18. The summed E-state index contributed by atoms with van der Waals surface area (Å²) in [5.41, 5.74) is 9.11. The van der Waals surface area contributed by atoms with Gasteiger partial charge in [-0.3, -0.25) is 0 Å². The second-order valence-electron chi connectivity index (χ2n) is 12.5. The van der Waals surface area contributed by atoms with E-state index in [-0.39, 0.29) is 12.1 Å². The van der Waals surface area contributed by atoms with Crippen LogP contribution in [-0.2, 0) is 25.7 Å². The molecule has 2 atom stereocenters. The van der Waals surface area contributed by atoms with Gasteiger partial charge in [-0.15, -0.1) is 0 Å². The maximum Gasteiger partial charge on any atom is 0.161 e. The Morgan fingerprint density at radius 3 is 1.06 bits per heavy atom. The number of ether oxygens (including phenoxy) is 8. The lowest BCUT2D eigenvalue weighted by Gasteiger charge is -2.30.